The van der Waals surface area contributed by atoms with Crippen molar-refractivity contribution in [1.29, 1.82) is 0 Å². The second-order valence-electron chi connectivity index (χ2n) is 7.05. The van der Waals surface area contributed by atoms with E-state index in [1.54, 1.807) is 6.26 Å². The van der Waals surface area contributed by atoms with Gasteiger partial charge in [0.05, 0.1) is 6.26 Å². The van der Waals surface area contributed by atoms with E-state index in [1.165, 1.54) is 11.1 Å². The Kier molecular flexibility index (Phi) is 5.66. The molecule has 0 amide bonds. The van der Waals surface area contributed by atoms with Crippen molar-refractivity contribution in [3.63, 3.8) is 0 Å². The molecule has 5 rings (SSSR count). The first-order valence-corrected chi connectivity index (χ1v) is 9.54. The predicted molar refractivity (Wildman–Crippen MR) is 107 cm³/mol. The molecule has 32 heavy (non-hydrogen) atoms. The second kappa shape index (κ2) is 8.42. The summed E-state index contributed by atoms with van der Waals surface area (Å²) in [5, 5.41) is 15.7. The van der Waals surface area contributed by atoms with Crippen molar-refractivity contribution in [3.8, 4) is 22.8 Å². The number of halogens is 3. The average Bonchev–Trinajstić information content (AvgIpc) is 3.42. The van der Waals surface area contributed by atoms with E-state index in [9.17, 15) is 13.2 Å². The number of nitrogens with one attached hydrogen (secondary N) is 1. The van der Waals surface area contributed by atoms with Crippen molar-refractivity contribution in [2.45, 2.75) is 26.1 Å². The Labute approximate surface area is 179 Å². The Balaban J connectivity index is 0.000000307. The topological polar surface area (TPSA) is 114 Å². The Morgan fingerprint density at radius 2 is 2.03 bits per heavy atom. The minimum absolute atomic E-state index is 0.504. The number of fused-ring (bicyclic) bond motifs is 2. The molecule has 0 aliphatic carbocycles. The highest BCUT2D eigenvalue weighted by atomic mass is 19.4. The number of rotatable bonds is 2. The van der Waals surface area contributed by atoms with Crippen molar-refractivity contribution in [2.75, 3.05) is 6.54 Å². The Hall–Kier alpha value is -3.73. The summed E-state index contributed by atoms with van der Waals surface area (Å²) in [5.74, 6) is -1.65. The third-order valence-corrected chi connectivity index (χ3v) is 4.92. The third kappa shape index (κ3) is 4.33. The van der Waals surface area contributed by atoms with Crippen LogP contribution in [0, 0.1) is 6.92 Å². The maximum atomic E-state index is 10.6. The Morgan fingerprint density at radius 3 is 2.78 bits per heavy atom. The van der Waals surface area contributed by atoms with Gasteiger partial charge in [0.1, 0.15) is 5.58 Å². The van der Waals surface area contributed by atoms with Crippen LogP contribution < -0.4 is 5.32 Å². The van der Waals surface area contributed by atoms with Crippen LogP contribution in [-0.4, -0.2) is 38.9 Å². The summed E-state index contributed by atoms with van der Waals surface area (Å²) < 4.78 is 42.7. The van der Waals surface area contributed by atoms with Crippen LogP contribution in [0.25, 0.3) is 33.8 Å². The molecular formula is C21H17F3N4O4. The number of furan rings is 1. The van der Waals surface area contributed by atoms with Gasteiger partial charge >= 0.3 is 12.1 Å². The molecule has 4 heterocycles. The summed E-state index contributed by atoms with van der Waals surface area (Å²) in [6, 6.07) is 7.76. The van der Waals surface area contributed by atoms with Gasteiger partial charge in [0, 0.05) is 34.9 Å². The third-order valence-electron chi connectivity index (χ3n) is 4.92. The number of pyridine rings is 1. The summed E-state index contributed by atoms with van der Waals surface area (Å²) in [7, 11) is 0. The molecule has 0 atom stereocenters. The summed E-state index contributed by atoms with van der Waals surface area (Å²) in [5.41, 5.74) is 6.12. The van der Waals surface area contributed by atoms with Crippen molar-refractivity contribution in [3.05, 3.63) is 53.5 Å². The highest BCUT2D eigenvalue weighted by Gasteiger charge is 2.38. The number of carbonyl (C=O) groups is 1. The molecule has 0 fully saturated rings. The molecule has 8 nitrogen and oxygen atoms in total. The maximum Gasteiger partial charge on any atom is 0.490 e. The number of alkyl halides is 3. The molecule has 1 aliphatic heterocycles. The molecule has 0 spiro atoms. The minimum atomic E-state index is -5.08. The fraction of sp³-hybridized carbons (Fsp3) is 0.238. The van der Waals surface area contributed by atoms with E-state index in [0.717, 1.165) is 47.3 Å². The Bertz CT molecular complexity index is 1280. The normalized spacial score (nSPS) is 13.4. The maximum absolute atomic E-state index is 10.6. The smallest absolute Gasteiger partial charge is 0.475 e. The number of carboxylic acids is 1. The van der Waals surface area contributed by atoms with E-state index in [-0.39, 0.29) is 0 Å². The highest BCUT2D eigenvalue weighted by molar-refractivity contribution is 5.82. The zero-order valence-corrected chi connectivity index (χ0v) is 16.7. The minimum Gasteiger partial charge on any atom is -0.475 e. The van der Waals surface area contributed by atoms with Gasteiger partial charge in [-0.2, -0.15) is 18.2 Å². The fourth-order valence-electron chi connectivity index (χ4n) is 3.41. The van der Waals surface area contributed by atoms with Crippen molar-refractivity contribution >= 4 is 16.9 Å². The molecule has 0 saturated heterocycles. The number of benzene rings is 1. The van der Waals surface area contributed by atoms with Crippen LogP contribution in [0.1, 0.15) is 16.8 Å². The van der Waals surface area contributed by atoms with Crippen LogP contribution in [0.15, 0.2) is 45.7 Å². The van der Waals surface area contributed by atoms with Gasteiger partial charge in [-0.05, 0) is 55.3 Å². The van der Waals surface area contributed by atoms with Gasteiger partial charge in [-0.25, -0.2) is 4.79 Å². The van der Waals surface area contributed by atoms with E-state index < -0.39 is 12.1 Å². The molecular weight excluding hydrogens is 429 g/mol. The number of nitrogens with zero attached hydrogens (tertiary/aromatic N) is 3. The number of hydrogen-bond donors (Lipinski definition) is 2. The van der Waals surface area contributed by atoms with Crippen LogP contribution in [0.3, 0.4) is 0 Å². The summed E-state index contributed by atoms with van der Waals surface area (Å²) in [4.78, 5) is 18.0. The number of aryl methyl sites for hydroxylation is 1. The Morgan fingerprint density at radius 1 is 1.25 bits per heavy atom. The van der Waals surface area contributed by atoms with E-state index in [1.807, 2.05) is 37.4 Å². The second-order valence-corrected chi connectivity index (χ2v) is 7.05. The SMILES string of the molecule is Cc1ncc2c(c1-c1noc(-c3ccc4occc4c3)n1)CCNC2.O=C(O)C(F)(F)F. The monoisotopic (exact) mass is 446 g/mol. The number of aliphatic carboxylic acids is 1. The quantitative estimate of drug-likeness (QED) is 0.472. The molecule has 4 aromatic rings. The first-order chi connectivity index (χ1) is 15.2. The standard InChI is InChI=1S/C19H16N4O2.C2HF3O2/c1-11-17(15-4-6-20-9-14(15)10-21-11)18-22-19(25-23-18)13-2-3-16-12(8-13)5-7-24-16;3-2(4,5)1(6)7/h2-3,5,7-8,10,20H,4,6,9H2,1H3;(H,6,7). The van der Waals surface area contributed by atoms with Gasteiger partial charge in [-0.1, -0.05) is 5.16 Å². The molecule has 11 heteroatoms. The highest BCUT2D eigenvalue weighted by Crippen LogP contribution is 2.31. The summed E-state index contributed by atoms with van der Waals surface area (Å²) in [6.45, 7) is 3.77. The van der Waals surface area contributed by atoms with E-state index in [4.69, 9.17) is 18.8 Å². The van der Waals surface area contributed by atoms with E-state index in [2.05, 4.69) is 20.4 Å². The lowest BCUT2D eigenvalue weighted by Crippen LogP contribution is -2.24. The molecule has 1 aliphatic rings. The van der Waals surface area contributed by atoms with Crippen LogP contribution in [-0.2, 0) is 17.8 Å². The lowest BCUT2D eigenvalue weighted by molar-refractivity contribution is -0.192. The van der Waals surface area contributed by atoms with Gasteiger partial charge in [0.15, 0.2) is 0 Å². The van der Waals surface area contributed by atoms with Gasteiger partial charge < -0.3 is 19.4 Å². The van der Waals surface area contributed by atoms with Gasteiger partial charge in [-0.15, -0.1) is 0 Å². The summed E-state index contributed by atoms with van der Waals surface area (Å²) in [6.07, 6.45) is -0.528. The zero-order chi connectivity index (χ0) is 22.9. The van der Waals surface area contributed by atoms with Crippen molar-refractivity contribution < 1.29 is 32.0 Å². The molecule has 166 valence electrons. The summed E-state index contributed by atoms with van der Waals surface area (Å²) >= 11 is 0. The lowest BCUT2D eigenvalue weighted by atomic mass is 9.95. The molecule has 2 N–H and O–H groups in total. The fourth-order valence-corrected chi connectivity index (χ4v) is 3.41. The predicted octanol–water partition coefficient (Wildman–Crippen LogP) is 4.13. The molecule has 0 bridgehead atoms. The van der Waals surface area contributed by atoms with Crippen molar-refractivity contribution in [2.24, 2.45) is 0 Å². The molecule has 0 radical (unpaired) electrons. The first kappa shape index (κ1) is 21.5. The largest absolute Gasteiger partial charge is 0.490 e. The number of aromatic nitrogens is 3. The number of carboxylic acid groups (broad SMARTS) is 1. The van der Waals surface area contributed by atoms with Crippen molar-refractivity contribution in [1.82, 2.24) is 20.4 Å². The molecule has 0 unspecified atom stereocenters. The first-order valence-electron chi connectivity index (χ1n) is 9.54. The van der Waals surface area contributed by atoms with Crippen LogP contribution in [0.4, 0.5) is 13.2 Å². The lowest BCUT2D eigenvalue weighted by Gasteiger charge is -2.19. The van der Waals surface area contributed by atoms with Crippen LogP contribution >= 0.6 is 0 Å². The van der Waals surface area contributed by atoms with Crippen LogP contribution in [0.5, 0.6) is 0 Å². The molecule has 1 aromatic carbocycles. The van der Waals surface area contributed by atoms with E-state index >= 15 is 0 Å². The van der Waals surface area contributed by atoms with Gasteiger partial charge in [0.25, 0.3) is 5.89 Å². The molecule has 0 saturated carbocycles. The molecule has 3 aromatic heterocycles. The van der Waals surface area contributed by atoms with Crippen LogP contribution in [0.2, 0.25) is 0 Å². The van der Waals surface area contributed by atoms with E-state index in [0.29, 0.717) is 11.7 Å². The average molecular weight is 446 g/mol. The zero-order valence-electron chi connectivity index (χ0n) is 16.7. The number of hydrogen-bond acceptors (Lipinski definition) is 7. The van der Waals surface area contributed by atoms with Gasteiger partial charge in [-0.3, -0.25) is 4.98 Å². The van der Waals surface area contributed by atoms with Gasteiger partial charge in [0.2, 0.25) is 5.82 Å².